The molecule has 1 aliphatic rings. The predicted molar refractivity (Wildman–Crippen MR) is 131 cm³/mol. The number of thiophene rings is 1. The smallest absolute Gasteiger partial charge is 0.280 e. The monoisotopic (exact) mass is 510 g/mol. The van der Waals surface area contributed by atoms with Gasteiger partial charge in [-0.15, -0.1) is 11.3 Å². The molecule has 3 heterocycles. The van der Waals surface area contributed by atoms with Crippen LogP contribution in [0.2, 0.25) is 0 Å². The Morgan fingerprint density at radius 3 is 2.43 bits per heavy atom. The third-order valence-electron chi connectivity index (χ3n) is 6.04. The Labute approximate surface area is 204 Å². The van der Waals surface area contributed by atoms with Crippen molar-refractivity contribution in [3.63, 3.8) is 0 Å². The molecule has 0 unspecified atom stereocenters. The first-order valence-corrected chi connectivity index (χ1v) is 13.2. The summed E-state index contributed by atoms with van der Waals surface area (Å²) in [5, 5.41) is 13.3. The van der Waals surface area contributed by atoms with Crippen LogP contribution in [-0.2, 0) is 30.2 Å². The summed E-state index contributed by atoms with van der Waals surface area (Å²) in [6.07, 6.45) is 4.78. The van der Waals surface area contributed by atoms with Gasteiger partial charge in [-0.05, 0) is 43.5 Å². The number of sulfonamides is 1. The van der Waals surface area contributed by atoms with Crippen LogP contribution in [-0.4, -0.2) is 32.9 Å². The molecule has 1 aliphatic carbocycles. The number of nitriles is 1. The molecule has 1 N–H and O–H groups in total. The van der Waals surface area contributed by atoms with Crippen LogP contribution >= 0.6 is 11.3 Å². The maximum atomic E-state index is 13.5. The number of benzene rings is 1. The van der Waals surface area contributed by atoms with Gasteiger partial charge in [0.15, 0.2) is 0 Å². The summed E-state index contributed by atoms with van der Waals surface area (Å²) >= 11 is 0.904. The molecule has 0 spiro atoms. The number of aromatic nitrogens is 4. The lowest BCUT2D eigenvalue weighted by molar-refractivity contribution is 0.560. The number of fused-ring (bicyclic) bond motifs is 1. The molecule has 35 heavy (non-hydrogen) atoms. The molecule has 0 saturated heterocycles. The zero-order chi connectivity index (χ0) is 25.0. The maximum Gasteiger partial charge on any atom is 0.332 e. The van der Waals surface area contributed by atoms with Gasteiger partial charge in [0.25, 0.3) is 15.6 Å². The first kappa shape index (κ1) is 23.2. The molecule has 12 heteroatoms. The van der Waals surface area contributed by atoms with Crippen molar-refractivity contribution in [2.24, 2.45) is 7.05 Å². The van der Waals surface area contributed by atoms with Gasteiger partial charge in [-0.25, -0.2) is 17.9 Å². The fourth-order valence-electron chi connectivity index (χ4n) is 3.86. The van der Waals surface area contributed by atoms with Crippen LogP contribution in [0.1, 0.15) is 36.5 Å². The Morgan fingerprint density at radius 1 is 1.14 bits per heavy atom. The molecule has 10 nitrogen and oxygen atoms in total. The lowest BCUT2D eigenvalue weighted by Gasteiger charge is -2.12. The molecule has 180 valence electrons. The fourth-order valence-corrected chi connectivity index (χ4v) is 6.76. The Hall–Kier alpha value is -3.53. The van der Waals surface area contributed by atoms with Crippen molar-refractivity contribution in [2.45, 2.75) is 42.6 Å². The third-order valence-corrected chi connectivity index (χ3v) is 9.31. The van der Waals surface area contributed by atoms with Crippen LogP contribution in [0.3, 0.4) is 0 Å². The minimum atomic E-state index is -3.86. The second-order valence-electron chi connectivity index (χ2n) is 9.04. The summed E-state index contributed by atoms with van der Waals surface area (Å²) in [5.41, 5.74) is 0.307. The van der Waals surface area contributed by atoms with E-state index in [4.69, 9.17) is 5.26 Å². The van der Waals surface area contributed by atoms with Gasteiger partial charge in [0.2, 0.25) is 0 Å². The Bertz CT molecular complexity index is 1710. The van der Waals surface area contributed by atoms with E-state index >= 15 is 0 Å². The molecule has 5 rings (SSSR count). The highest BCUT2D eigenvalue weighted by Crippen LogP contribution is 2.37. The van der Waals surface area contributed by atoms with Crippen LogP contribution in [0, 0.1) is 11.3 Å². The van der Waals surface area contributed by atoms with Crippen LogP contribution in [0.25, 0.3) is 10.2 Å². The molecule has 1 aromatic carbocycles. The van der Waals surface area contributed by atoms with Crippen molar-refractivity contribution in [2.75, 3.05) is 0 Å². The number of nitrogens with one attached hydrogen (secondary N) is 1. The van der Waals surface area contributed by atoms with E-state index in [1.807, 2.05) is 6.92 Å². The van der Waals surface area contributed by atoms with E-state index in [0.717, 1.165) is 34.3 Å². The lowest BCUT2D eigenvalue weighted by atomic mass is 10.1. The normalized spacial score (nSPS) is 14.8. The summed E-state index contributed by atoms with van der Waals surface area (Å²) in [5.74, 6) is 0. The molecule has 0 aliphatic heterocycles. The van der Waals surface area contributed by atoms with Gasteiger partial charge in [0.1, 0.15) is 9.04 Å². The SMILES string of the molecule is Cn1cc(Cn2c(=O)c3cc(S(=O)(=O)NC4(C)CC4)sc3n(Cc3ccc(C#N)cc3)c2=O)cn1. The van der Waals surface area contributed by atoms with Gasteiger partial charge in [-0.1, -0.05) is 12.1 Å². The van der Waals surface area contributed by atoms with Gasteiger partial charge in [0.05, 0.1) is 36.3 Å². The predicted octanol–water partition coefficient (Wildman–Crippen LogP) is 1.76. The summed E-state index contributed by atoms with van der Waals surface area (Å²) in [6.45, 7) is 1.95. The summed E-state index contributed by atoms with van der Waals surface area (Å²) < 4.78 is 32.8. The maximum absolute atomic E-state index is 13.5. The molecular weight excluding hydrogens is 488 g/mol. The molecule has 3 aromatic heterocycles. The average molecular weight is 511 g/mol. The molecule has 4 aromatic rings. The van der Waals surface area contributed by atoms with E-state index in [1.54, 1.807) is 48.4 Å². The van der Waals surface area contributed by atoms with Crippen molar-refractivity contribution in [3.8, 4) is 6.07 Å². The second-order valence-corrected chi connectivity index (χ2v) is 12.0. The number of aryl methyl sites for hydroxylation is 1. The van der Waals surface area contributed by atoms with Crippen molar-refractivity contribution < 1.29 is 8.42 Å². The first-order chi connectivity index (χ1) is 16.6. The molecule has 1 fully saturated rings. The van der Waals surface area contributed by atoms with Gasteiger partial charge in [-0.2, -0.15) is 10.4 Å². The van der Waals surface area contributed by atoms with Gasteiger partial charge < -0.3 is 0 Å². The Kier molecular flexibility index (Phi) is 5.51. The minimum absolute atomic E-state index is 0.00304. The summed E-state index contributed by atoms with van der Waals surface area (Å²) in [6, 6.07) is 10.2. The minimum Gasteiger partial charge on any atom is -0.280 e. The Morgan fingerprint density at radius 2 is 1.83 bits per heavy atom. The summed E-state index contributed by atoms with van der Waals surface area (Å²) in [4.78, 5) is 27.2. The first-order valence-electron chi connectivity index (χ1n) is 10.9. The van der Waals surface area contributed by atoms with E-state index in [0.29, 0.717) is 11.1 Å². The summed E-state index contributed by atoms with van der Waals surface area (Å²) in [7, 11) is -2.12. The molecular formula is C23H22N6O4S2. The van der Waals surface area contributed by atoms with E-state index in [2.05, 4.69) is 15.9 Å². The van der Waals surface area contributed by atoms with Crippen molar-refractivity contribution in [1.29, 1.82) is 5.26 Å². The van der Waals surface area contributed by atoms with Crippen LogP contribution in [0.5, 0.6) is 0 Å². The van der Waals surface area contributed by atoms with E-state index in [-0.39, 0.29) is 27.5 Å². The molecule has 0 amide bonds. The van der Waals surface area contributed by atoms with Crippen LogP contribution in [0.15, 0.2) is 56.5 Å². The molecule has 0 bridgehead atoms. The van der Waals surface area contributed by atoms with E-state index in [1.165, 1.54) is 10.6 Å². The third kappa shape index (κ3) is 4.45. The van der Waals surface area contributed by atoms with E-state index < -0.39 is 26.8 Å². The van der Waals surface area contributed by atoms with Gasteiger partial charge in [-0.3, -0.25) is 18.6 Å². The zero-order valence-corrected chi connectivity index (χ0v) is 20.7. The van der Waals surface area contributed by atoms with Crippen molar-refractivity contribution in [1.82, 2.24) is 23.6 Å². The standard InChI is InChI=1S/C23H22N6O4S2/c1-23(7-8-23)26-35(32,33)19-9-18-20(30)28(14-17-11-25-27(2)12-17)22(31)29(21(18)34-19)13-16-5-3-15(10-24)4-6-16/h3-6,9,11-12,26H,7-8,13-14H2,1-2H3. The van der Waals surface area contributed by atoms with Crippen LogP contribution < -0.4 is 16.0 Å². The molecule has 0 radical (unpaired) electrons. The second kappa shape index (κ2) is 8.30. The van der Waals surface area contributed by atoms with Gasteiger partial charge >= 0.3 is 5.69 Å². The Balaban J connectivity index is 1.68. The average Bonchev–Trinajstić information content (AvgIpc) is 3.20. The largest absolute Gasteiger partial charge is 0.332 e. The van der Waals surface area contributed by atoms with Crippen molar-refractivity contribution in [3.05, 3.63) is 80.3 Å². The highest BCUT2D eigenvalue weighted by atomic mass is 32.2. The van der Waals surface area contributed by atoms with Crippen molar-refractivity contribution >= 4 is 31.6 Å². The molecule has 0 atom stereocenters. The molecule has 1 saturated carbocycles. The fraction of sp³-hybridized carbons (Fsp3) is 0.304. The highest BCUT2D eigenvalue weighted by Gasteiger charge is 2.41. The van der Waals surface area contributed by atoms with Gasteiger partial charge in [0, 0.05) is 24.3 Å². The highest BCUT2D eigenvalue weighted by molar-refractivity contribution is 7.91. The van der Waals surface area contributed by atoms with Crippen LogP contribution in [0.4, 0.5) is 0 Å². The number of rotatable bonds is 7. The van der Waals surface area contributed by atoms with E-state index in [9.17, 15) is 18.0 Å². The number of hydrogen-bond donors (Lipinski definition) is 1. The quantitative estimate of drug-likeness (QED) is 0.403. The number of hydrogen-bond acceptors (Lipinski definition) is 7. The lowest BCUT2D eigenvalue weighted by Crippen LogP contribution is -2.40. The number of nitrogens with zero attached hydrogens (tertiary/aromatic N) is 5. The topological polar surface area (TPSA) is 132 Å². The zero-order valence-electron chi connectivity index (χ0n) is 19.1.